The van der Waals surface area contributed by atoms with E-state index in [-0.39, 0.29) is 0 Å². The van der Waals surface area contributed by atoms with E-state index in [0.717, 1.165) is 100 Å². The number of hydrogen-bond donors (Lipinski definition) is 1. The normalized spacial score (nSPS) is 12.3. The first-order chi connectivity index (χ1) is 25.3. The number of hydrogen-bond acceptors (Lipinski definition) is 5. The lowest BCUT2D eigenvalue weighted by Crippen LogP contribution is -2.15. The number of rotatable bonds is 2. The van der Waals surface area contributed by atoms with Crippen molar-refractivity contribution >= 4 is 61.1 Å². The van der Waals surface area contributed by atoms with Crippen molar-refractivity contribution in [3.63, 3.8) is 0 Å². The van der Waals surface area contributed by atoms with Crippen LogP contribution in [-0.4, -0.2) is 19.9 Å². The van der Waals surface area contributed by atoms with Crippen LogP contribution in [0.5, 0.6) is 0 Å². The highest BCUT2D eigenvalue weighted by atomic mass is 16.3. The van der Waals surface area contributed by atoms with Crippen LogP contribution in [0.2, 0.25) is 0 Å². The lowest BCUT2D eigenvalue weighted by Gasteiger charge is -2.25. The molecular formula is C45H27N5O. The van der Waals surface area contributed by atoms with E-state index in [1.165, 1.54) is 0 Å². The van der Waals surface area contributed by atoms with Crippen LogP contribution in [0.25, 0.3) is 88.8 Å². The van der Waals surface area contributed by atoms with Crippen LogP contribution in [0.15, 0.2) is 162 Å². The van der Waals surface area contributed by atoms with Gasteiger partial charge in [0, 0.05) is 49.5 Å². The molecule has 0 amide bonds. The van der Waals surface area contributed by atoms with Crippen molar-refractivity contribution in [1.29, 1.82) is 0 Å². The Balaban J connectivity index is 1.34. The van der Waals surface area contributed by atoms with Crippen molar-refractivity contribution in [2.75, 3.05) is 4.90 Å². The van der Waals surface area contributed by atoms with Crippen LogP contribution in [0.4, 0.5) is 17.3 Å². The Morgan fingerprint density at radius 3 is 1.90 bits per heavy atom. The first-order valence-electron chi connectivity index (χ1n) is 17.0. The van der Waals surface area contributed by atoms with Crippen molar-refractivity contribution in [2.45, 2.75) is 0 Å². The number of furan rings is 1. The van der Waals surface area contributed by atoms with Crippen molar-refractivity contribution in [3.05, 3.63) is 158 Å². The molecule has 4 aromatic heterocycles. The maximum Gasteiger partial charge on any atom is 0.235 e. The van der Waals surface area contributed by atoms with E-state index in [9.17, 15) is 0 Å². The van der Waals surface area contributed by atoms with Gasteiger partial charge in [-0.25, -0.2) is 15.0 Å². The number of nitrogens with one attached hydrogen (secondary N) is 1. The monoisotopic (exact) mass is 653 g/mol. The second-order valence-electron chi connectivity index (χ2n) is 12.9. The minimum atomic E-state index is 0.529. The maximum absolute atomic E-state index is 6.73. The number of benzene rings is 6. The van der Waals surface area contributed by atoms with Crippen LogP contribution < -0.4 is 4.90 Å². The van der Waals surface area contributed by atoms with Gasteiger partial charge in [-0.1, -0.05) is 109 Å². The van der Waals surface area contributed by atoms with E-state index in [1.54, 1.807) is 0 Å². The van der Waals surface area contributed by atoms with Gasteiger partial charge in [-0.15, -0.1) is 0 Å². The van der Waals surface area contributed by atoms with Gasteiger partial charge >= 0.3 is 0 Å². The van der Waals surface area contributed by atoms with E-state index in [0.29, 0.717) is 5.95 Å². The van der Waals surface area contributed by atoms with Crippen molar-refractivity contribution in [2.24, 2.45) is 0 Å². The van der Waals surface area contributed by atoms with Gasteiger partial charge in [0.25, 0.3) is 0 Å². The second kappa shape index (κ2) is 10.7. The predicted octanol–water partition coefficient (Wildman–Crippen LogP) is 11.9. The molecule has 0 fully saturated rings. The molecule has 10 aromatic rings. The number of H-pyrrole nitrogens is 1. The molecule has 0 saturated carbocycles. The Hall–Kier alpha value is -7.05. The molecule has 238 valence electrons. The minimum Gasteiger partial charge on any atom is -0.454 e. The molecule has 8 bridgehead atoms. The molecule has 1 aliphatic heterocycles. The fraction of sp³-hybridized carbons (Fsp3) is 0. The van der Waals surface area contributed by atoms with Gasteiger partial charge in [0.2, 0.25) is 5.95 Å². The summed E-state index contributed by atoms with van der Waals surface area (Å²) in [5.74, 6) is 0.529. The Labute approximate surface area is 292 Å². The summed E-state index contributed by atoms with van der Waals surface area (Å²) in [6.07, 6.45) is 0. The number of nitrogens with zero attached hydrogens (tertiary/aromatic N) is 4. The molecule has 51 heavy (non-hydrogen) atoms. The zero-order valence-corrected chi connectivity index (χ0v) is 27.2. The summed E-state index contributed by atoms with van der Waals surface area (Å²) in [7, 11) is 0. The fourth-order valence-electron chi connectivity index (χ4n) is 7.61. The van der Waals surface area contributed by atoms with E-state index in [2.05, 4.69) is 119 Å². The fourth-order valence-corrected chi connectivity index (χ4v) is 7.61. The first-order valence-corrected chi connectivity index (χ1v) is 17.0. The van der Waals surface area contributed by atoms with Gasteiger partial charge in [0.05, 0.1) is 39.5 Å². The third-order valence-electron chi connectivity index (χ3n) is 9.96. The number of para-hydroxylation sites is 4. The Morgan fingerprint density at radius 2 is 1.10 bits per heavy atom. The molecule has 6 nitrogen and oxygen atoms in total. The standard InChI is InChI=1S/C45H27N5O/c1-3-12-27(13-4-1)38-26-39-34-20-10-18-32-31-17-9-19-33(42(31)49-43(32)34)37-22-11-21-36(46-37)28-24-35-30-16-7-8-23-41(30)51-44(35)40(25-28)50(45(47-38)48-39)29-14-5-2-6-15-29/h1-26,49H. The van der Waals surface area contributed by atoms with Gasteiger partial charge in [-0.2, -0.15) is 0 Å². The topological polar surface area (TPSA) is 70.8 Å². The molecular weight excluding hydrogens is 627 g/mol. The van der Waals surface area contributed by atoms with E-state index in [1.807, 2.05) is 48.5 Å². The van der Waals surface area contributed by atoms with E-state index in [4.69, 9.17) is 19.4 Å². The third kappa shape index (κ3) is 4.26. The lowest BCUT2D eigenvalue weighted by molar-refractivity contribution is 0.669. The molecule has 6 heteroatoms. The summed E-state index contributed by atoms with van der Waals surface area (Å²) in [5.41, 5.74) is 12.7. The number of aromatic nitrogens is 4. The molecule has 5 heterocycles. The summed E-state index contributed by atoms with van der Waals surface area (Å²) in [4.78, 5) is 22.0. The average Bonchev–Trinajstić information content (AvgIpc) is 3.77. The van der Waals surface area contributed by atoms with Crippen LogP contribution >= 0.6 is 0 Å². The summed E-state index contributed by atoms with van der Waals surface area (Å²) in [5, 5.41) is 4.30. The predicted molar refractivity (Wildman–Crippen MR) is 206 cm³/mol. The van der Waals surface area contributed by atoms with Gasteiger partial charge in [-0.05, 0) is 48.5 Å². The summed E-state index contributed by atoms with van der Waals surface area (Å²) in [6, 6.07) is 54.4. The molecule has 0 aliphatic carbocycles. The highest BCUT2D eigenvalue weighted by Crippen LogP contribution is 2.45. The number of pyridine rings is 1. The van der Waals surface area contributed by atoms with Gasteiger partial charge in [0.1, 0.15) is 5.58 Å². The molecule has 0 spiro atoms. The van der Waals surface area contributed by atoms with Crippen molar-refractivity contribution in [1.82, 2.24) is 19.9 Å². The second-order valence-corrected chi connectivity index (χ2v) is 12.9. The quantitative estimate of drug-likeness (QED) is 0.201. The zero-order chi connectivity index (χ0) is 33.5. The van der Waals surface area contributed by atoms with Crippen LogP contribution in [0, 0.1) is 0 Å². The SMILES string of the molecule is c1ccc(-c2cc3nc(n2)N(c2ccccc2)c2cc(cc4c2oc2ccccc24)-c2cccc(n2)-c2cccc4c2[nH]c2c-3cccc24)cc1. The van der Waals surface area contributed by atoms with Crippen molar-refractivity contribution < 1.29 is 4.42 Å². The Bertz CT molecular complexity index is 2980. The smallest absolute Gasteiger partial charge is 0.235 e. The van der Waals surface area contributed by atoms with Crippen LogP contribution in [0.3, 0.4) is 0 Å². The van der Waals surface area contributed by atoms with Gasteiger partial charge < -0.3 is 9.40 Å². The van der Waals surface area contributed by atoms with Gasteiger partial charge in [-0.3, -0.25) is 4.90 Å². The van der Waals surface area contributed by atoms with Crippen LogP contribution in [-0.2, 0) is 0 Å². The molecule has 1 aliphatic rings. The first kappa shape index (κ1) is 27.9. The zero-order valence-electron chi connectivity index (χ0n) is 27.2. The molecule has 11 rings (SSSR count). The van der Waals surface area contributed by atoms with Crippen LogP contribution in [0.1, 0.15) is 0 Å². The minimum absolute atomic E-state index is 0.529. The van der Waals surface area contributed by atoms with Crippen molar-refractivity contribution in [3.8, 4) is 45.0 Å². The number of fused-ring (bicyclic) bond motifs is 14. The molecule has 0 saturated heterocycles. The lowest BCUT2D eigenvalue weighted by atomic mass is 10.0. The van der Waals surface area contributed by atoms with Gasteiger partial charge in [0.15, 0.2) is 5.58 Å². The highest BCUT2D eigenvalue weighted by molar-refractivity contribution is 6.15. The Kier molecular flexibility index (Phi) is 5.86. The summed E-state index contributed by atoms with van der Waals surface area (Å²) >= 11 is 0. The number of aromatic amines is 1. The summed E-state index contributed by atoms with van der Waals surface area (Å²) < 4.78 is 6.73. The molecule has 1 N–H and O–H groups in total. The number of anilines is 3. The van der Waals surface area contributed by atoms with E-state index < -0.39 is 0 Å². The largest absolute Gasteiger partial charge is 0.454 e. The highest BCUT2D eigenvalue weighted by Gasteiger charge is 2.26. The third-order valence-corrected chi connectivity index (χ3v) is 9.96. The average molecular weight is 654 g/mol. The maximum atomic E-state index is 6.73. The molecule has 0 atom stereocenters. The Morgan fingerprint density at radius 1 is 0.451 bits per heavy atom. The van der Waals surface area contributed by atoms with E-state index >= 15 is 0 Å². The molecule has 0 radical (unpaired) electrons. The summed E-state index contributed by atoms with van der Waals surface area (Å²) in [6.45, 7) is 0. The molecule has 0 unspecified atom stereocenters. The molecule has 6 aromatic carbocycles.